The van der Waals surface area contributed by atoms with E-state index >= 15 is 0 Å². The van der Waals surface area contributed by atoms with E-state index in [1.54, 1.807) is 30.4 Å². The van der Waals surface area contributed by atoms with Crippen molar-refractivity contribution in [1.82, 2.24) is 5.01 Å². The molecule has 35 heavy (non-hydrogen) atoms. The summed E-state index contributed by atoms with van der Waals surface area (Å²) in [6.07, 6.45) is 4.89. The van der Waals surface area contributed by atoms with Crippen LogP contribution in [0.1, 0.15) is 10.4 Å². The average molecular weight is 474 g/mol. The number of carbonyl (C=O) groups excluding carboxylic acids is 3. The summed E-state index contributed by atoms with van der Waals surface area (Å²) in [7, 11) is 0. The first-order valence-electron chi connectivity index (χ1n) is 11.0. The van der Waals surface area contributed by atoms with Gasteiger partial charge < -0.3 is 9.47 Å². The lowest BCUT2D eigenvalue weighted by atomic mass is 9.86. The first-order valence-corrected chi connectivity index (χ1v) is 11.0. The summed E-state index contributed by atoms with van der Waals surface area (Å²) < 4.78 is 11.1. The fraction of sp³-hybridized carbons (Fsp3) is 0.250. The number of hydrogen-bond donors (Lipinski definition) is 0. The number of hydrogen-bond acceptors (Lipinski definition) is 9. The van der Waals surface area contributed by atoms with Crippen LogP contribution in [0.2, 0.25) is 0 Å². The summed E-state index contributed by atoms with van der Waals surface area (Å²) in [4.78, 5) is 52.6. The highest BCUT2D eigenvalue weighted by atomic mass is 16.6. The number of fused-ring (bicyclic) bond motifs is 4. The SMILES string of the molecule is O=C(c1cccc([N+](=O)[O-])c1)[C@@H]1[C@@H]2C(=O)N(c3ccc4c(c3)OCCO4)C(=O)[C@@H]2[C@@H]2C=CC=NN12. The van der Waals surface area contributed by atoms with Crippen molar-refractivity contribution in [2.45, 2.75) is 12.1 Å². The zero-order valence-electron chi connectivity index (χ0n) is 18.1. The zero-order valence-corrected chi connectivity index (χ0v) is 18.1. The standard InChI is InChI=1S/C24H18N4O7/c29-22(13-3-1-4-15(11-13)28(32)33)21-20-19(16-5-2-8-25-27(16)21)23(30)26(24(20)31)14-6-7-17-18(12-14)35-10-9-34-17/h1-8,11-12,16,19-21H,9-10H2/t16-,19+,20+,21-/m0/s1. The van der Waals surface area contributed by atoms with Crippen molar-refractivity contribution in [3.8, 4) is 11.5 Å². The topological polar surface area (TPSA) is 132 Å². The minimum Gasteiger partial charge on any atom is -0.486 e. The lowest BCUT2D eigenvalue weighted by molar-refractivity contribution is -0.384. The van der Waals surface area contributed by atoms with Crippen molar-refractivity contribution in [3.63, 3.8) is 0 Å². The fourth-order valence-corrected chi connectivity index (χ4v) is 5.21. The molecular weight excluding hydrogens is 456 g/mol. The number of allylic oxidation sites excluding steroid dienone is 1. The number of nitro benzene ring substituents is 1. The van der Waals surface area contributed by atoms with Crippen molar-refractivity contribution in [2.24, 2.45) is 16.9 Å². The molecule has 0 radical (unpaired) electrons. The van der Waals surface area contributed by atoms with Gasteiger partial charge in [-0.15, -0.1) is 0 Å². The lowest BCUT2D eigenvalue weighted by Gasteiger charge is -2.30. The summed E-state index contributed by atoms with van der Waals surface area (Å²) >= 11 is 0. The summed E-state index contributed by atoms with van der Waals surface area (Å²) in [5.74, 6) is -2.37. The van der Waals surface area contributed by atoms with Gasteiger partial charge in [-0.2, -0.15) is 5.10 Å². The molecule has 6 rings (SSSR count). The van der Waals surface area contributed by atoms with E-state index in [1.165, 1.54) is 35.5 Å². The molecule has 0 aromatic heterocycles. The van der Waals surface area contributed by atoms with Crippen LogP contribution in [0, 0.1) is 22.0 Å². The molecular formula is C24H18N4O7. The minimum absolute atomic E-state index is 0.0754. The predicted molar refractivity (Wildman–Crippen MR) is 121 cm³/mol. The van der Waals surface area contributed by atoms with E-state index in [-0.39, 0.29) is 11.3 Å². The minimum atomic E-state index is -1.09. The molecule has 4 aliphatic rings. The zero-order chi connectivity index (χ0) is 24.3. The maximum Gasteiger partial charge on any atom is 0.270 e. The van der Waals surface area contributed by atoms with Gasteiger partial charge in [0.05, 0.1) is 28.5 Å². The van der Waals surface area contributed by atoms with Gasteiger partial charge in [-0.25, -0.2) is 4.90 Å². The molecule has 11 nitrogen and oxygen atoms in total. The van der Waals surface area contributed by atoms with E-state index in [0.29, 0.717) is 30.4 Å². The molecule has 2 amide bonds. The van der Waals surface area contributed by atoms with Gasteiger partial charge in [0.1, 0.15) is 19.3 Å². The Morgan fingerprint density at radius 1 is 1.03 bits per heavy atom. The van der Waals surface area contributed by atoms with Crippen molar-refractivity contribution in [1.29, 1.82) is 0 Å². The van der Waals surface area contributed by atoms with Gasteiger partial charge in [-0.3, -0.25) is 29.5 Å². The van der Waals surface area contributed by atoms with Crippen molar-refractivity contribution < 1.29 is 28.8 Å². The number of ketones is 1. The Kier molecular flexibility index (Phi) is 4.66. The van der Waals surface area contributed by atoms with E-state index in [9.17, 15) is 24.5 Å². The summed E-state index contributed by atoms with van der Waals surface area (Å²) in [6, 6.07) is 8.47. The smallest absolute Gasteiger partial charge is 0.270 e. The number of non-ortho nitro benzene ring substituents is 1. The summed E-state index contributed by atoms with van der Waals surface area (Å²) in [5.41, 5.74) is 0.164. The number of ether oxygens (including phenoxy) is 2. The monoisotopic (exact) mass is 474 g/mol. The maximum absolute atomic E-state index is 13.7. The second-order valence-electron chi connectivity index (χ2n) is 8.53. The predicted octanol–water partition coefficient (Wildman–Crippen LogP) is 1.96. The number of rotatable bonds is 4. The van der Waals surface area contributed by atoms with Gasteiger partial charge in [-0.05, 0) is 18.2 Å². The molecule has 0 unspecified atom stereocenters. The molecule has 0 N–H and O–H groups in total. The highest BCUT2D eigenvalue weighted by Gasteiger charge is 2.64. The van der Waals surface area contributed by atoms with Crippen molar-refractivity contribution in [2.75, 3.05) is 18.1 Å². The third-order valence-corrected chi connectivity index (χ3v) is 6.68. The van der Waals surface area contributed by atoms with Crippen LogP contribution in [-0.2, 0) is 9.59 Å². The molecule has 0 bridgehead atoms. The number of amides is 2. The van der Waals surface area contributed by atoms with Gasteiger partial charge in [0.15, 0.2) is 17.3 Å². The normalized spacial score (nSPS) is 26.1. The molecule has 0 spiro atoms. The highest BCUT2D eigenvalue weighted by Crippen LogP contribution is 2.47. The van der Waals surface area contributed by atoms with Crippen LogP contribution in [0.15, 0.2) is 59.7 Å². The largest absolute Gasteiger partial charge is 0.486 e. The lowest BCUT2D eigenvalue weighted by Crippen LogP contribution is -2.46. The van der Waals surface area contributed by atoms with Crippen LogP contribution in [0.3, 0.4) is 0 Å². The molecule has 176 valence electrons. The quantitative estimate of drug-likeness (QED) is 0.284. The Morgan fingerprint density at radius 3 is 2.60 bits per heavy atom. The van der Waals surface area contributed by atoms with Crippen molar-refractivity contribution in [3.05, 3.63) is 70.3 Å². The van der Waals surface area contributed by atoms with Gasteiger partial charge in [0, 0.05) is 30.0 Å². The Bertz CT molecular complexity index is 1350. The number of imide groups is 1. The average Bonchev–Trinajstić information content (AvgIpc) is 3.35. The first-order chi connectivity index (χ1) is 17.0. The number of hydrazone groups is 1. The number of nitrogens with zero attached hydrogens (tertiary/aromatic N) is 4. The fourth-order valence-electron chi connectivity index (χ4n) is 5.21. The Labute approximate surface area is 198 Å². The molecule has 4 atom stereocenters. The van der Waals surface area contributed by atoms with Crippen LogP contribution in [0.4, 0.5) is 11.4 Å². The Morgan fingerprint density at radius 2 is 1.80 bits per heavy atom. The van der Waals surface area contributed by atoms with Gasteiger partial charge in [0.2, 0.25) is 11.8 Å². The Balaban J connectivity index is 1.40. The molecule has 2 saturated heterocycles. The molecule has 11 heteroatoms. The molecule has 0 aliphatic carbocycles. The number of carbonyl (C=O) groups is 3. The molecule has 2 aromatic rings. The van der Waals surface area contributed by atoms with Gasteiger partial charge in [0.25, 0.3) is 5.69 Å². The van der Waals surface area contributed by atoms with Crippen LogP contribution < -0.4 is 14.4 Å². The van der Waals surface area contributed by atoms with E-state index in [1.807, 2.05) is 0 Å². The van der Waals surface area contributed by atoms with Gasteiger partial charge in [-0.1, -0.05) is 18.2 Å². The number of nitro groups is 1. The first kappa shape index (κ1) is 21.0. The van der Waals surface area contributed by atoms with Crippen LogP contribution >= 0.6 is 0 Å². The van der Waals surface area contributed by atoms with E-state index in [0.717, 1.165) is 4.90 Å². The number of benzene rings is 2. The van der Waals surface area contributed by atoms with E-state index in [2.05, 4.69) is 5.10 Å². The second kappa shape index (κ2) is 7.76. The van der Waals surface area contributed by atoms with E-state index < -0.39 is 46.4 Å². The molecule has 4 aliphatic heterocycles. The third-order valence-electron chi connectivity index (χ3n) is 6.68. The summed E-state index contributed by atoms with van der Waals surface area (Å²) in [5, 5.41) is 17.0. The maximum atomic E-state index is 13.7. The van der Waals surface area contributed by atoms with Gasteiger partial charge >= 0.3 is 0 Å². The molecule has 0 saturated carbocycles. The second-order valence-corrected chi connectivity index (χ2v) is 8.53. The molecule has 4 heterocycles. The third kappa shape index (κ3) is 3.11. The number of anilines is 1. The van der Waals surface area contributed by atoms with Crippen molar-refractivity contribution >= 4 is 35.2 Å². The molecule has 2 fully saturated rings. The summed E-state index contributed by atoms with van der Waals surface area (Å²) in [6.45, 7) is 0.757. The van der Waals surface area contributed by atoms with E-state index in [4.69, 9.17) is 9.47 Å². The molecule has 2 aromatic carbocycles. The highest BCUT2D eigenvalue weighted by molar-refractivity contribution is 6.24. The number of Topliss-reactive ketones (excluding diaryl/α,β-unsaturated/α-hetero) is 1. The van der Waals surface area contributed by atoms with Crippen LogP contribution in [-0.4, -0.2) is 59.0 Å². The Hall–Kier alpha value is -4.54. The van der Waals surface area contributed by atoms with Crippen LogP contribution in [0.5, 0.6) is 11.5 Å². The van der Waals surface area contributed by atoms with Crippen LogP contribution in [0.25, 0.3) is 0 Å².